The highest BCUT2D eigenvalue weighted by atomic mass is 35.5. The quantitative estimate of drug-likeness (QED) is 0.319. The zero-order chi connectivity index (χ0) is 27.5. The lowest BCUT2D eigenvalue weighted by atomic mass is 10.0. The highest BCUT2D eigenvalue weighted by molar-refractivity contribution is 6.31. The number of aromatic nitrogens is 1. The van der Waals surface area contributed by atoms with Crippen molar-refractivity contribution in [2.45, 2.75) is 45.1 Å². The fourth-order valence-electron chi connectivity index (χ4n) is 3.79. The van der Waals surface area contributed by atoms with Crippen LogP contribution < -0.4 is 24.3 Å². The van der Waals surface area contributed by atoms with Crippen LogP contribution in [0.3, 0.4) is 0 Å². The smallest absolute Gasteiger partial charge is 0.417 e. The van der Waals surface area contributed by atoms with E-state index < -0.39 is 17.8 Å². The second-order valence-corrected chi connectivity index (χ2v) is 9.67. The molecule has 1 aromatic heterocycles. The number of nitrogens with one attached hydrogen (secondary N) is 1. The Morgan fingerprint density at radius 1 is 1.18 bits per heavy atom. The number of fused-ring (bicyclic) bond motifs is 1. The minimum Gasteiger partial charge on any atom is -0.488 e. The fourth-order valence-corrected chi connectivity index (χ4v) is 4.00. The highest BCUT2D eigenvalue weighted by Crippen LogP contribution is 2.41. The molecule has 1 atom stereocenters. The largest absolute Gasteiger partial charge is 0.488 e. The molecule has 7 nitrogen and oxygen atoms in total. The van der Waals surface area contributed by atoms with Gasteiger partial charge in [-0.15, -0.1) is 0 Å². The summed E-state index contributed by atoms with van der Waals surface area (Å²) in [5, 5.41) is 2.49. The third-order valence-electron chi connectivity index (χ3n) is 5.57. The number of nitrogens with zero attached hydrogens (tertiary/aromatic N) is 1. The molecule has 0 bridgehead atoms. The topological polar surface area (TPSA) is 78.9 Å². The van der Waals surface area contributed by atoms with E-state index in [1.807, 2.05) is 32.0 Å². The van der Waals surface area contributed by atoms with Gasteiger partial charge in [0.15, 0.2) is 17.6 Å². The molecule has 38 heavy (non-hydrogen) atoms. The predicted molar refractivity (Wildman–Crippen MR) is 134 cm³/mol. The number of hydrogen-bond acceptors (Lipinski definition) is 6. The van der Waals surface area contributed by atoms with Crippen LogP contribution in [0.5, 0.6) is 28.9 Å². The molecule has 1 amide bonds. The predicted octanol–water partition coefficient (Wildman–Crippen LogP) is 6.22. The van der Waals surface area contributed by atoms with Gasteiger partial charge in [-0.3, -0.25) is 4.79 Å². The third-order valence-corrected chi connectivity index (χ3v) is 5.84. The number of benzene rings is 2. The van der Waals surface area contributed by atoms with Crippen LogP contribution >= 0.6 is 11.6 Å². The number of pyridine rings is 1. The van der Waals surface area contributed by atoms with E-state index in [4.69, 9.17) is 30.5 Å². The Labute approximate surface area is 222 Å². The van der Waals surface area contributed by atoms with E-state index in [-0.39, 0.29) is 41.3 Å². The Kier molecular flexibility index (Phi) is 7.91. The number of carbonyl (C=O) groups excluding carboxylic acids is 1. The summed E-state index contributed by atoms with van der Waals surface area (Å²) in [7, 11) is 0. The Morgan fingerprint density at radius 2 is 1.89 bits per heavy atom. The van der Waals surface area contributed by atoms with E-state index in [1.54, 1.807) is 19.1 Å². The first-order valence-corrected chi connectivity index (χ1v) is 12.2. The van der Waals surface area contributed by atoms with Crippen LogP contribution in [-0.4, -0.2) is 35.7 Å². The SMILES string of the molecule is CC(Oc1ccc(Oc2ncc(C(F)(F)F)cc2Cl)cc1)C(=O)NCCOc1cccc2c1OC(C)(C)C2. The fraction of sp³-hybridized carbons (Fsp3) is 0.333. The van der Waals surface area contributed by atoms with Crippen molar-refractivity contribution in [1.29, 1.82) is 0 Å². The second kappa shape index (κ2) is 11.0. The van der Waals surface area contributed by atoms with Crippen molar-refractivity contribution < 1.29 is 36.9 Å². The van der Waals surface area contributed by atoms with Crippen molar-refractivity contribution in [3.8, 4) is 28.9 Å². The van der Waals surface area contributed by atoms with Crippen molar-refractivity contribution in [3.05, 3.63) is 70.9 Å². The van der Waals surface area contributed by atoms with Crippen LogP contribution in [0, 0.1) is 0 Å². The maximum absolute atomic E-state index is 12.8. The average molecular weight is 551 g/mol. The summed E-state index contributed by atoms with van der Waals surface area (Å²) in [6.45, 7) is 6.17. The van der Waals surface area contributed by atoms with Crippen molar-refractivity contribution in [1.82, 2.24) is 10.3 Å². The summed E-state index contributed by atoms with van der Waals surface area (Å²) in [4.78, 5) is 16.1. The van der Waals surface area contributed by atoms with Gasteiger partial charge in [-0.2, -0.15) is 13.2 Å². The third kappa shape index (κ3) is 6.80. The van der Waals surface area contributed by atoms with Gasteiger partial charge < -0.3 is 24.3 Å². The Hall–Kier alpha value is -3.66. The number of halogens is 4. The number of alkyl halides is 3. The normalized spacial score (nSPS) is 14.7. The zero-order valence-corrected chi connectivity index (χ0v) is 21.7. The van der Waals surface area contributed by atoms with Crippen LogP contribution in [0.2, 0.25) is 5.02 Å². The highest BCUT2D eigenvalue weighted by Gasteiger charge is 2.33. The molecule has 1 unspecified atom stereocenters. The number of rotatable bonds is 9. The molecule has 0 aliphatic carbocycles. The first-order valence-electron chi connectivity index (χ1n) is 11.8. The van der Waals surface area contributed by atoms with Crippen molar-refractivity contribution in [2.24, 2.45) is 0 Å². The van der Waals surface area contributed by atoms with Gasteiger partial charge in [0.25, 0.3) is 5.91 Å². The molecule has 0 saturated carbocycles. The van der Waals surface area contributed by atoms with Gasteiger partial charge in [0.1, 0.15) is 28.7 Å². The molecule has 4 rings (SSSR count). The molecular weight excluding hydrogens is 525 g/mol. The van der Waals surface area contributed by atoms with E-state index in [2.05, 4.69) is 10.3 Å². The molecule has 1 aliphatic rings. The Balaban J connectivity index is 1.23. The molecule has 0 spiro atoms. The molecule has 0 fully saturated rings. The standard InChI is InChI=1S/C27H26ClF3N2O5/c1-16(24(34)32-11-12-35-22-6-4-5-17-14-26(2,3)38-23(17)22)36-19-7-9-20(10-8-19)37-25-21(28)13-18(15-33-25)27(29,30)31/h4-10,13,15-16H,11-12,14H2,1-3H3,(H,32,34). The number of amides is 1. The van der Waals surface area contributed by atoms with Crippen molar-refractivity contribution in [3.63, 3.8) is 0 Å². The van der Waals surface area contributed by atoms with Crippen LogP contribution in [0.4, 0.5) is 13.2 Å². The number of hydrogen-bond donors (Lipinski definition) is 1. The van der Waals surface area contributed by atoms with Gasteiger partial charge in [0.2, 0.25) is 5.88 Å². The second-order valence-electron chi connectivity index (χ2n) is 9.26. The molecule has 0 saturated heterocycles. The van der Waals surface area contributed by atoms with Crippen LogP contribution in [0.15, 0.2) is 54.7 Å². The monoisotopic (exact) mass is 550 g/mol. The van der Waals surface area contributed by atoms with Gasteiger partial charge in [0, 0.05) is 18.2 Å². The van der Waals surface area contributed by atoms with E-state index >= 15 is 0 Å². The Bertz CT molecular complexity index is 1300. The zero-order valence-electron chi connectivity index (χ0n) is 20.9. The molecular formula is C27H26ClF3N2O5. The average Bonchev–Trinajstić information content (AvgIpc) is 3.18. The van der Waals surface area contributed by atoms with E-state index in [0.717, 1.165) is 23.8 Å². The molecule has 2 heterocycles. The summed E-state index contributed by atoms with van der Waals surface area (Å²) in [5.74, 6) is 1.55. The Morgan fingerprint density at radius 3 is 2.58 bits per heavy atom. The number of ether oxygens (including phenoxy) is 4. The van der Waals surface area contributed by atoms with Gasteiger partial charge in [0.05, 0.1) is 12.1 Å². The van der Waals surface area contributed by atoms with E-state index in [0.29, 0.717) is 17.7 Å². The molecule has 3 aromatic rings. The molecule has 1 aliphatic heterocycles. The first-order chi connectivity index (χ1) is 17.9. The van der Waals surface area contributed by atoms with Gasteiger partial charge in [-0.25, -0.2) is 4.98 Å². The number of para-hydroxylation sites is 1. The molecule has 2 aromatic carbocycles. The van der Waals surface area contributed by atoms with Gasteiger partial charge >= 0.3 is 6.18 Å². The summed E-state index contributed by atoms with van der Waals surface area (Å²) in [6.07, 6.45) is -3.90. The first kappa shape index (κ1) is 27.4. The molecule has 11 heteroatoms. The lowest BCUT2D eigenvalue weighted by Crippen LogP contribution is -2.38. The van der Waals surface area contributed by atoms with Crippen molar-refractivity contribution >= 4 is 17.5 Å². The van der Waals surface area contributed by atoms with Crippen molar-refractivity contribution in [2.75, 3.05) is 13.2 Å². The van der Waals surface area contributed by atoms with Crippen LogP contribution in [0.1, 0.15) is 31.9 Å². The molecule has 202 valence electrons. The van der Waals surface area contributed by atoms with Crippen LogP contribution in [-0.2, 0) is 17.4 Å². The van der Waals surface area contributed by atoms with Gasteiger partial charge in [-0.1, -0.05) is 23.7 Å². The molecule has 0 radical (unpaired) electrons. The van der Waals surface area contributed by atoms with E-state index in [9.17, 15) is 18.0 Å². The summed E-state index contributed by atoms with van der Waals surface area (Å²) in [5.41, 5.74) is -0.160. The maximum Gasteiger partial charge on any atom is 0.417 e. The minimum absolute atomic E-state index is 0.168. The number of carbonyl (C=O) groups is 1. The summed E-state index contributed by atoms with van der Waals surface area (Å²) >= 11 is 5.87. The molecule has 1 N–H and O–H groups in total. The lowest BCUT2D eigenvalue weighted by molar-refractivity contribution is -0.137. The lowest BCUT2D eigenvalue weighted by Gasteiger charge is -2.18. The minimum atomic E-state index is -4.56. The summed E-state index contributed by atoms with van der Waals surface area (Å²) < 4.78 is 61.2. The maximum atomic E-state index is 12.8. The van der Waals surface area contributed by atoms with Crippen LogP contribution in [0.25, 0.3) is 0 Å². The van der Waals surface area contributed by atoms with Gasteiger partial charge in [-0.05, 0) is 57.2 Å². The summed E-state index contributed by atoms with van der Waals surface area (Å²) in [6, 6.07) is 12.7. The van der Waals surface area contributed by atoms with E-state index in [1.165, 1.54) is 12.1 Å².